The molecule has 0 amide bonds. The average molecular weight is 475 g/mol. The standard InChI is InChI=1S/C22H30N6O4S/c1-15-13-23-19(24-14-15)12-16(2)33-27-22-26-25-20(8-10-32-11-9-29)28(22)21-17(30-3)6-5-7-18(21)31-4/h5-7,13-14,16,29H,8-12H2,1-4H3,(H,26,27). The van der Waals surface area contributed by atoms with Crippen LogP contribution in [0.2, 0.25) is 0 Å². The normalized spacial score (nSPS) is 11.9. The Balaban J connectivity index is 1.84. The molecule has 0 aliphatic heterocycles. The van der Waals surface area contributed by atoms with E-state index in [2.05, 4.69) is 31.8 Å². The van der Waals surface area contributed by atoms with E-state index in [4.69, 9.17) is 19.3 Å². The number of para-hydroxylation sites is 1. The summed E-state index contributed by atoms with van der Waals surface area (Å²) >= 11 is 1.51. The summed E-state index contributed by atoms with van der Waals surface area (Å²) < 4.78 is 21.9. The Kier molecular flexibility index (Phi) is 9.28. The highest BCUT2D eigenvalue weighted by atomic mass is 32.2. The van der Waals surface area contributed by atoms with Crippen molar-refractivity contribution in [1.29, 1.82) is 0 Å². The summed E-state index contributed by atoms with van der Waals surface area (Å²) in [6, 6.07) is 5.58. The molecule has 1 aromatic carbocycles. The molecular weight excluding hydrogens is 444 g/mol. The van der Waals surface area contributed by atoms with Gasteiger partial charge in [0.15, 0.2) is 0 Å². The summed E-state index contributed by atoms with van der Waals surface area (Å²) in [6.07, 6.45) is 4.84. The molecule has 2 heterocycles. The maximum absolute atomic E-state index is 8.97. The minimum absolute atomic E-state index is 0.0287. The Hall–Kier alpha value is -2.89. The topological polar surface area (TPSA) is 116 Å². The lowest BCUT2D eigenvalue weighted by atomic mass is 10.2. The molecule has 0 bridgehead atoms. The van der Waals surface area contributed by atoms with Gasteiger partial charge in [0.05, 0.1) is 34.0 Å². The first kappa shape index (κ1) is 24.7. The SMILES string of the molecule is COc1cccc(OC)c1-n1c(CCOCCO)nnc1NSC(C)Cc1ncc(C)cn1. The van der Waals surface area contributed by atoms with Crippen molar-refractivity contribution in [3.63, 3.8) is 0 Å². The minimum atomic E-state index is -0.0287. The van der Waals surface area contributed by atoms with E-state index < -0.39 is 0 Å². The Morgan fingerprint density at radius 3 is 2.42 bits per heavy atom. The van der Waals surface area contributed by atoms with Crippen LogP contribution in [0.25, 0.3) is 5.69 Å². The third-order valence-electron chi connectivity index (χ3n) is 4.72. The molecule has 10 nitrogen and oxygen atoms in total. The summed E-state index contributed by atoms with van der Waals surface area (Å²) in [5.41, 5.74) is 1.73. The predicted molar refractivity (Wildman–Crippen MR) is 127 cm³/mol. The number of aliphatic hydroxyl groups excluding tert-OH is 1. The van der Waals surface area contributed by atoms with Crippen molar-refractivity contribution >= 4 is 17.9 Å². The van der Waals surface area contributed by atoms with Crippen LogP contribution in [0.5, 0.6) is 11.5 Å². The van der Waals surface area contributed by atoms with E-state index in [9.17, 15) is 0 Å². The van der Waals surface area contributed by atoms with Gasteiger partial charge in [0, 0.05) is 30.5 Å². The van der Waals surface area contributed by atoms with E-state index in [1.54, 1.807) is 14.2 Å². The van der Waals surface area contributed by atoms with Crippen LogP contribution in [0.4, 0.5) is 5.95 Å². The van der Waals surface area contributed by atoms with E-state index in [0.29, 0.717) is 48.4 Å². The van der Waals surface area contributed by atoms with Crippen molar-refractivity contribution in [3.8, 4) is 17.2 Å². The molecule has 33 heavy (non-hydrogen) atoms. The number of hydrogen-bond donors (Lipinski definition) is 2. The number of nitrogens with one attached hydrogen (secondary N) is 1. The maximum Gasteiger partial charge on any atom is 0.239 e. The Labute approximate surface area is 197 Å². The van der Waals surface area contributed by atoms with Gasteiger partial charge in [0.2, 0.25) is 5.95 Å². The summed E-state index contributed by atoms with van der Waals surface area (Å²) in [5.74, 6) is 3.25. The third kappa shape index (κ3) is 6.56. The van der Waals surface area contributed by atoms with Crippen LogP contribution in [-0.4, -0.2) is 69.1 Å². The molecule has 2 aromatic heterocycles. The van der Waals surface area contributed by atoms with E-state index in [0.717, 1.165) is 11.4 Å². The van der Waals surface area contributed by atoms with Gasteiger partial charge in [0.25, 0.3) is 0 Å². The van der Waals surface area contributed by atoms with Crippen LogP contribution in [0.3, 0.4) is 0 Å². The average Bonchev–Trinajstić information content (AvgIpc) is 3.23. The van der Waals surface area contributed by atoms with Crippen LogP contribution in [0.1, 0.15) is 24.1 Å². The van der Waals surface area contributed by atoms with Crippen molar-refractivity contribution in [2.75, 3.05) is 38.8 Å². The molecule has 1 atom stereocenters. The quantitative estimate of drug-likeness (QED) is 0.283. The number of anilines is 1. The van der Waals surface area contributed by atoms with Crippen LogP contribution < -0.4 is 14.2 Å². The summed E-state index contributed by atoms with van der Waals surface area (Å²) in [6.45, 7) is 4.69. The number of hydrogen-bond acceptors (Lipinski definition) is 10. The van der Waals surface area contributed by atoms with E-state index in [1.807, 2.05) is 42.1 Å². The molecule has 178 valence electrons. The molecule has 0 spiro atoms. The molecule has 3 aromatic rings. The Bertz CT molecular complexity index is 992. The number of aryl methyl sites for hydroxylation is 1. The van der Waals surface area contributed by atoms with Crippen LogP contribution in [-0.2, 0) is 17.6 Å². The largest absolute Gasteiger partial charge is 0.494 e. The fourth-order valence-electron chi connectivity index (χ4n) is 3.14. The summed E-state index contributed by atoms with van der Waals surface area (Å²) in [4.78, 5) is 8.77. The summed E-state index contributed by atoms with van der Waals surface area (Å²) in [7, 11) is 3.22. The molecule has 2 N–H and O–H groups in total. The van der Waals surface area contributed by atoms with Crippen LogP contribution in [0, 0.1) is 6.92 Å². The fraction of sp³-hybridized carbons (Fsp3) is 0.455. The first-order chi connectivity index (χ1) is 16.1. The van der Waals surface area contributed by atoms with Gasteiger partial charge in [-0.3, -0.25) is 9.29 Å². The number of methoxy groups -OCH3 is 2. The van der Waals surface area contributed by atoms with Gasteiger partial charge < -0.3 is 19.3 Å². The molecule has 0 aliphatic rings. The van der Waals surface area contributed by atoms with E-state index in [-0.39, 0.29) is 18.5 Å². The molecule has 0 aliphatic carbocycles. The van der Waals surface area contributed by atoms with Crippen molar-refractivity contribution in [3.05, 3.63) is 47.8 Å². The van der Waals surface area contributed by atoms with Crippen molar-refractivity contribution in [2.24, 2.45) is 0 Å². The van der Waals surface area contributed by atoms with Crippen LogP contribution >= 0.6 is 11.9 Å². The second-order valence-electron chi connectivity index (χ2n) is 7.28. The Morgan fingerprint density at radius 2 is 1.79 bits per heavy atom. The van der Waals surface area contributed by atoms with Gasteiger partial charge in [-0.25, -0.2) is 9.97 Å². The van der Waals surface area contributed by atoms with Gasteiger partial charge in [-0.2, -0.15) is 0 Å². The smallest absolute Gasteiger partial charge is 0.239 e. The second-order valence-corrected chi connectivity index (χ2v) is 8.53. The first-order valence-corrected chi connectivity index (χ1v) is 11.5. The number of benzene rings is 1. The van der Waals surface area contributed by atoms with Gasteiger partial charge in [-0.05, 0) is 36.6 Å². The molecule has 11 heteroatoms. The van der Waals surface area contributed by atoms with Crippen LogP contribution in [0.15, 0.2) is 30.6 Å². The van der Waals surface area contributed by atoms with Crippen molar-refractivity contribution in [1.82, 2.24) is 24.7 Å². The van der Waals surface area contributed by atoms with E-state index >= 15 is 0 Å². The zero-order valence-electron chi connectivity index (χ0n) is 19.3. The molecule has 0 saturated heterocycles. The highest BCUT2D eigenvalue weighted by Crippen LogP contribution is 2.35. The molecule has 3 rings (SSSR count). The highest BCUT2D eigenvalue weighted by Gasteiger charge is 2.22. The number of rotatable bonds is 13. The van der Waals surface area contributed by atoms with Gasteiger partial charge in [-0.15, -0.1) is 10.2 Å². The molecule has 1 unspecified atom stereocenters. The van der Waals surface area contributed by atoms with Crippen molar-refractivity contribution in [2.45, 2.75) is 31.9 Å². The van der Waals surface area contributed by atoms with Gasteiger partial charge in [-0.1, -0.05) is 13.0 Å². The molecule has 0 saturated carbocycles. The molecule has 0 fully saturated rings. The zero-order chi connectivity index (χ0) is 23.6. The third-order valence-corrected chi connectivity index (χ3v) is 5.59. The number of ether oxygens (including phenoxy) is 3. The lowest BCUT2D eigenvalue weighted by molar-refractivity contribution is 0.0934. The highest BCUT2D eigenvalue weighted by molar-refractivity contribution is 8.01. The predicted octanol–water partition coefficient (Wildman–Crippen LogP) is 2.63. The number of nitrogens with zero attached hydrogens (tertiary/aromatic N) is 5. The van der Waals surface area contributed by atoms with E-state index in [1.165, 1.54) is 11.9 Å². The van der Waals surface area contributed by atoms with Crippen molar-refractivity contribution < 1.29 is 19.3 Å². The number of aliphatic hydroxyl groups is 1. The fourth-order valence-corrected chi connectivity index (χ4v) is 3.81. The molecular formula is C22H30N6O4S. The first-order valence-electron chi connectivity index (χ1n) is 10.6. The monoisotopic (exact) mass is 474 g/mol. The number of aromatic nitrogens is 5. The second kappa shape index (κ2) is 12.4. The lowest BCUT2D eigenvalue weighted by Gasteiger charge is -2.18. The van der Waals surface area contributed by atoms with Gasteiger partial charge in [0.1, 0.15) is 28.8 Å². The summed E-state index contributed by atoms with van der Waals surface area (Å²) in [5, 5.41) is 17.9. The zero-order valence-corrected chi connectivity index (χ0v) is 20.1. The minimum Gasteiger partial charge on any atom is -0.494 e. The maximum atomic E-state index is 8.97. The lowest BCUT2D eigenvalue weighted by Crippen LogP contribution is -2.13. The Morgan fingerprint density at radius 1 is 1.09 bits per heavy atom. The molecule has 0 radical (unpaired) electrons. The van der Waals surface area contributed by atoms with Gasteiger partial charge >= 0.3 is 0 Å².